The normalized spacial score (nSPS) is 10.6. The van der Waals surface area contributed by atoms with Crippen LogP contribution >= 0.6 is 0 Å². The molecule has 0 bridgehead atoms. The maximum absolute atomic E-state index is 12.7. The molecule has 0 aliphatic carbocycles. The Morgan fingerprint density at radius 3 is 2.32 bits per heavy atom. The van der Waals surface area contributed by atoms with Crippen molar-refractivity contribution in [2.45, 2.75) is 20.8 Å². The van der Waals surface area contributed by atoms with Crippen LogP contribution in [0.15, 0.2) is 36.5 Å². The van der Waals surface area contributed by atoms with Crippen molar-refractivity contribution in [1.29, 1.82) is 5.41 Å². The molecule has 0 spiro atoms. The molecule has 2 aromatic rings. The first-order valence-corrected chi connectivity index (χ1v) is 7.74. The van der Waals surface area contributed by atoms with Crippen molar-refractivity contribution in [3.05, 3.63) is 53.6 Å². The first-order valence-electron chi connectivity index (χ1n) is 7.74. The Morgan fingerprint density at radius 1 is 1.24 bits per heavy atom. The number of benzene rings is 1. The van der Waals surface area contributed by atoms with Gasteiger partial charge in [-0.2, -0.15) is 4.39 Å². The molecule has 0 fully saturated rings. The van der Waals surface area contributed by atoms with Gasteiger partial charge in [0.2, 0.25) is 5.95 Å². The second-order valence-electron chi connectivity index (χ2n) is 6.39. The van der Waals surface area contributed by atoms with E-state index in [1.807, 2.05) is 19.1 Å². The topological polar surface area (TPSA) is 89.2 Å². The molecule has 0 aliphatic heterocycles. The third-order valence-corrected chi connectivity index (χ3v) is 3.42. The quantitative estimate of drug-likeness (QED) is 0.382. The van der Waals surface area contributed by atoms with Gasteiger partial charge in [-0.05, 0) is 30.2 Å². The van der Waals surface area contributed by atoms with E-state index in [0.717, 1.165) is 11.3 Å². The molecule has 2 radical (unpaired) electrons. The van der Waals surface area contributed by atoms with Gasteiger partial charge < -0.3 is 20.9 Å². The summed E-state index contributed by atoms with van der Waals surface area (Å²) in [7, 11) is 5.53. The summed E-state index contributed by atoms with van der Waals surface area (Å²) >= 11 is 0. The first kappa shape index (κ1) is 20.8. The van der Waals surface area contributed by atoms with Crippen LogP contribution in [0, 0.1) is 23.7 Å². The molecule has 132 valence electrons. The molecule has 4 N–H and O–H groups in total. The van der Waals surface area contributed by atoms with Gasteiger partial charge in [-0.1, -0.05) is 32.0 Å². The van der Waals surface area contributed by atoms with E-state index in [1.54, 1.807) is 26.0 Å². The molecule has 5 nitrogen and oxygen atoms in total. The highest BCUT2D eigenvalue weighted by atomic mass is 19.1. The van der Waals surface area contributed by atoms with E-state index in [0.29, 0.717) is 11.3 Å². The van der Waals surface area contributed by atoms with E-state index >= 15 is 0 Å². The number of aromatic nitrogens is 1. The zero-order chi connectivity index (χ0) is 19.0. The van der Waals surface area contributed by atoms with E-state index in [-0.39, 0.29) is 24.2 Å². The number of halogens is 1. The number of para-hydroxylation sites is 1. The van der Waals surface area contributed by atoms with Gasteiger partial charge in [-0.15, -0.1) is 0 Å². The average Bonchev–Trinajstić information content (AvgIpc) is 2.59. The Labute approximate surface area is 148 Å². The van der Waals surface area contributed by atoms with E-state index in [1.165, 1.54) is 12.3 Å². The Balaban J connectivity index is 0.000000381. The average molecular weight is 343 g/mol. The lowest BCUT2D eigenvalue weighted by atomic mass is 9.91. The van der Waals surface area contributed by atoms with E-state index in [4.69, 9.17) is 23.5 Å². The van der Waals surface area contributed by atoms with Crippen molar-refractivity contribution in [3.63, 3.8) is 0 Å². The maximum atomic E-state index is 12.7. The molecule has 0 saturated heterocycles. The number of nitrogens with zero attached hydrogens (tertiary/aromatic N) is 1. The lowest BCUT2D eigenvalue weighted by Gasteiger charge is -2.16. The predicted molar refractivity (Wildman–Crippen MR) is 99.2 cm³/mol. The molecule has 0 unspecified atom stereocenters. The minimum absolute atomic E-state index is 0.0173. The number of anilines is 2. The minimum Gasteiger partial charge on any atom is -0.396 e. The van der Waals surface area contributed by atoms with Crippen LogP contribution in [0.4, 0.5) is 15.8 Å². The number of rotatable bonds is 5. The van der Waals surface area contributed by atoms with Crippen LogP contribution in [-0.2, 0) is 0 Å². The van der Waals surface area contributed by atoms with E-state index in [2.05, 4.69) is 10.3 Å². The molecule has 25 heavy (non-hydrogen) atoms. The summed E-state index contributed by atoms with van der Waals surface area (Å²) in [6.45, 7) is 5.60. The van der Waals surface area contributed by atoms with Gasteiger partial charge in [0.25, 0.3) is 0 Å². The van der Waals surface area contributed by atoms with Gasteiger partial charge in [0.1, 0.15) is 7.85 Å². The number of aryl methyl sites for hydroxylation is 1. The monoisotopic (exact) mass is 343 g/mol. The number of nitrogens with one attached hydrogen (secondary N) is 2. The second-order valence-corrected chi connectivity index (χ2v) is 6.39. The van der Waals surface area contributed by atoms with Crippen LogP contribution in [0.2, 0.25) is 0 Å². The summed E-state index contributed by atoms with van der Waals surface area (Å²) in [6.07, 6.45) is 1.39. The van der Waals surface area contributed by atoms with Crippen LogP contribution in [0.25, 0.3) is 0 Å². The summed E-state index contributed by atoms with van der Waals surface area (Å²) in [6, 6.07) is 8.35. The highest BCUT2D eigenvalue weighted by Gasteiger charge is 2.13. The molecule has 2 rings (SSSR count). The lowest BCUT2D eigenvalue weighted by molar-refractivity contribution is 0.0857. The van der Waals surface area contributed by atoms with Gasteiger partial charge >= 0.3 is 0 Å². The minimum atomic E-state index is -0.530. The molecule has 7 heteroatoms. The molecular weight excluding hydrogens is 320 g/mol. The van der Waals surface area contributed by atoms with Crippen molar-refractivity contribution in [2.75, 3.05) is 18.5 Å². The van der Waals surface area contributed by atoms with Gasteiger partial charge in [0.05, 0.1) is 25.1 Å². The smallest absolute Gasteiger partial charge is 0.212 e. The Bertz CT molecular complexity index is 700. The summed E-state index contributed by atoms with van der Waals surface area (Å²) in [4.78, 5) is 3.57. The molecule has 0 saturated carbocycles. The molecule has 0 aliphatic rings. The van der Waals surface area contributed by atoms with Crippen LogP contribution in [0.5, 0.6) is 0 Å². The number of aliphatic hydroxyl groups excluding tert-OH is 2. The second kappa shape index (κ2) is 9.29. The fraction of sp³-hybridized carbons (Fsp3) is 0.333. The van der Waals surface area contributed by atoms with E-state index < -0.39 is 5.95 Å². The van der Waals surface area contributed by atoms with Crippen LogP contribution < -0.4 is 5.32 Å². The zero-order valence-electron chi connectivity index (χ0n) is 14.7. The molecule has 1 heterocycles. The van der Waals surface area contributed by atoms with Crippen molar-refractivity contribution in [1.82, 2.24) is 4.98 Å². The standard InChI is InChI=1S/C13H11BFN3.C5H12O2/c1-8-3-2-4-10(13(14)16)12(8)18-9-5-6-11(15)17-7-9;1-5(2,3-6)4-7/h2-7,16,18H,1H3;6-7H,3-4H2,1-2H3. The molecule has 1 aromatic carbocycles. The van der Waals surface area contributed by atoms with Crippen LogP contribution in [0.1, 0.15) is 25.0 Å². The maximum Gasteiger partial charge on any atom is 0.212 e. The summed E-state index contributed by atoms with van der Waals surface area (Å²) in [5.41, 5.74) is 2.62. The van der Waals surface area contributed by atoms with Gasteiger partial charge in [-0.25, -0.2) is 4.98 Å². The molecule has 1 aromatic heterocycles. The Kier molecular flexibility index (Phi) is 7.73. The highest BCUT2D eigenvalue weighted by molar-refractivity contribution is 6.64. The van der Waals surface area contributed by atoms with Crippen molar-refractivity contribution < 1.29 is 14.6 Å². The molecule has 0 amide bonds. The number of hydrogen-bond acceptors (Lipinski definition) is 5. The summed E-state index contributed by atoms with van der Waals surface area (Å²) in [5.74, 6) is -0.530. The number of hydrogen-bond donors (Lipinski definition) is 4. The number of pyridine rings is 1. The summed E-state index contributed by atoms with van der Waals surface area (Å²) < 4.78 is 12.7. The van der Waals surface area contributed by atoms with Gasteiger partial charge in [0, 0.05) is 16.7 Å². The SMILES string of the molecule is CC(C)(CO)CO.[B]C(=N)c1cccc(C)c1Nc1ccc(F)nc1. The van der Waals surface area contributed by atoms with Crippen molar-refractivity contribution in [3.8, 4) is 0 Å². The Hall–Kier alpha value is -2.25. The fourth-order valence-electron chi connectivity index (χ4n) is 1.70. The third kappa shape index (κ3) is 6.64. The van der Waals surface area contributed by atoms with Crippen LogP contribution in [0.3, 0.4) is 0 Å². The van der Waals surface area contributed by atoms with Crippen molar-refractivity contribution in [2.24, 2.45) is 5.41 Å². The van der Waals surface area contributed by atoms with E-state index in [9.17, 15) is 4.39 Å². The van der Waals surface area contributed by atoms with Crippen molar-refractivity contribution >= 4 is 24.8 Å². The third-order valence-electron chi connectivity index (χ3n) is 3.42. The number of aliphatic hydroxyl groups is 2. The predicted octanol–water partition coefficient (Wildman–Crippen LogP) is 2.76. The molecular formula is C18H23BFN3O2. The molecule has 0 atom stereocenters. The largest absolute Gasteiger partial charge is 0.396 e. The van der Waals surface area contributed by atoms with Crippen LogP contribution in [-0.4, -0.2) is 41.9 Å². The fourth-order valence-corrected chi connectivity index (χ4v) is 1.70. The lowest BCUT2D eigenvalue weighted by Crippen LogP contribution is -2.20. The zero-order valence-corrected chi connectivity index (χ0v) is 14.7. The first-order chi connectivity index (χ1) is 11.7. The Morgan fingerprint density at radius 2 is 1.88 bits per heavy atom. The summed E-state index contributed by atoms with van der Waals surface area (Å²) in [5, 5.41) is 27.5. The highest BCUT2D eigenvalue weighted by Crippen LogP contribution is 2.24. The van der Waals surface area contributed by atoms with Gasteiger partial charge in [-0.3, -0.25) is 0 Å². The van der Waals surface area contributed by atoms with Gasteiger partial charge in [0.15, 0.2) is 0 Å².